The van der Waals surface area contributed by atoms with E-state index in [9.17, 15) is 9.50 Å². The molecule has 1 N–H and O–H groups in total. The predicted molar refractivity (Wildman–Crippen MR) is 76.4 cm³/mol. The molecule has 0 aliphatic heterocycles. The Morgan fingerprint density at radius 2 is 2.11 bits per heavy atom. The van der Waals surface area contributed by atoms with Crippen LogP contribution in [0.2, 0.25) is 0 Å². The molecule has 2 aromatic rings. The number of halogens is 2. The number of benzene rings is 1. The van der Waals surface area contributed by atoms with Crippen LogP contribution >= 0.6 is 15.9 Å². The lowest BCUT2D eigenvalue weighted by Crippen LogP contribution is -2.12. The Morgan fingerprint density at radius 3 is 2.79 bits per heavy atom. The van der Waals surface area contributed by atoms with Crippen molar-refractivity contribution in [2.75, 3.05) is 0 Å². The molecule has 1 atom stereocenters. The second-order valence-electron chi connectivity index (χ2n) is 4.47. The molecule has 0 saturated heterocycles. The molecule has 0 saturated carbocycles. The summed E-state index contributed by atoms with van der Waals surface area (Å²) in [5.41, 5.74) is 1.89. The van der Waals surface area contributed by atoms with Crippen LogP contribution in [0.4, 0.5) is 4.39 Å². The molecular weight excluding hydrogens is 309 g/mol. The van der Waals surface area contributed by atoms with Crippen LogP contribution in [0.25, 0.3) is 0 Å². The van der Waals surface area contributed by atoms with Crippen molar-refractivity contribution >= 4 is 15.9 Å². The summed E-state index contributed by atoms with van der Waals surface area (Å²) in [4.78, 5) is 4.22. The van der Waals surface area contributed by atoms with E-state index in [1.165, 1.54) is 6.07 Å². The lowest BCUT2D eigenvalue weighted by atomic mass is 10.0. The van der Waals surface area contributed by atoms with E-state index >= 15 is 0 Å². The van der Waals surface area contributed by atoms with Gasteiger partial charge in [-0.05, 0) is 65.0 Å². The molecule has 0 amide bonds. The Bertz CT molecular complexity index is 533. The van der Waals surface area contributed by atoms with E-state index in [0.29, 0.717) is 17.3 Å². The Balaban J connectivity index is 1.87. The summed E-state index contributed by atoms with van der Waals surface area (Å²) in [6.07, 6.45) is 3.21. The molecule has 0 bridgehead atoms. The lowest BCUT2D eigenvalue weighted by Gasteiger charge is -2.10. The van der Waals surface area contributed by atoms with Gasteiger partial charge >= 0.3 is 0 Å². The third-order valence-electron chi connectivity index (χ3n) is 2.92. The fourth-order valence-electron chi connectivity index (χ4n) is 1.90. The van der Waals surface area contributed by atoms with Crippen molar-refractivity contribution in [2.45, 2.75) is 25.4 Å². The Hall–Kier alpha value is -1.26. The number of aryl methyl sites for hydroxylation is 1. The van der Waals surface area contributed by atoms with E-state index in [2.05, 4.69) is 20.9 Å². The van der Waals surface area contributed by atoms with Crippen LogP contribution in [0.1, 0.15) is 17.7 Å². The van der Waals surface area contributed by atoms with Crippen molar-refractivity contribution in [3.8, 4) is 0 Å². The third-order valence-corrected chi connectivity index (χ3v) is 3.52. The summed E-state index contributed by atoms with van der Waals surface area (Å²) in [6.45, 7) is 0. The maximum absolute atomic E-state index is 13.1. The van der Waals surface area contributed by atoms with Gasteiger partial charge in [-0.25, -0.2) is 4.39 Å². The van der Waals surface area contributed by atoms with Gasteiger partial charge in [-0.1, -0.05) is 12.1 Å². The zero-order chi connectivity index (χ0) is 13.7. The van der Waals surface area contributed by atoms with Gasteiger partial charge in [0.2, 0.25) is 0 Å². The first-order chi connectivity index (χ1) is 9.15. The fourth-order valence-corrected chi connectivity index (χ4v) is 2.33. The normalized spacial score (nSPS) is 12.4. The number of hydrogen-bond donors (Lipinski definition) is 1. The maximum atomic E-state index is 13.1. The van der Waals surface area contributed by atoms with Gasteiger partial charge in [-0.2, -0.15) is 0 Å². The molecule has 1 aromatic carbocycles. The molecule has 1 heterocycles. The molecule has 19 heavy (non-hydrogen) atoms. The zero-order valence-electron chi connectivity index (χ0n) is 10.4. The van der Waals surface area contributed by atoms with E-state index in [-0.39, 0.29) is 5.82 Å². The second-order valence-corrected chi connectivity index (χ2v) is 5.32. The van der Waals surface area contributed by atoms with Gasteiger partial charge in [0, 0.05) is 11.9 Å². The number of aromatic nitrogens is 1. The van der Waals surface area contributed by atoms with Crippen LogP contribution < -0.4 is 0 Å². The minimum Gasteiger partial charge on any atom is -0.393 e. The molecule has 1 aromatic heterocycles. The predicted octanol–water partition coefficient (Wildman–Crippen LogP) is 3.52. The molecule has 0 fully saturated rings. The molecule has 0 spiro atoms. The standard InChI is InChI=1S/C15H15BrFNO/c16-14-10-11(4-7-15(14)17)9-13(19)6-5-12-3-1-2-8-18-12/h1-4,7-8,10,13,19H,5-6,9H2. The number of aliphatic hydroxyl groups is 1. The largest absolute Gasteiger partial charge is 0.393 e. The van der Waals surface area contributed by atoms with Crippen LogP contribution in [0.15, 0.2) is 47.1 Å². The Morgan fingerprint density at radius 1 is 1.26 bits per heavy atom. The summed E-state index contributed by atoms with van der Waals surface area (Å²) in [6, 6.07) is 10.6. The SMILES string of the molecule is OC(CCc1ccccn1)Cc1ccc(F)c(Br)c1. The summed E-state index contributed by atoms with van der Waals surface area (Å²) in [5.74, 6) is -0.285. The van der Waals surface area contributed by atoms with E-state index < -0.39 is 6.10 Å². The number of hydrogen-bond acceptors (Lipinski definition) is 2. The molecule has 0 aliphatic carbocycles. The van der Waals surface area contributed by atoms with E-state index in [0.717, 1.165) is 17.7 Å². The first-order valence-corrected chi connectivity index (χ1v) is 6.96. The van der Waals surface area contributed by atoms with Crippen molar-refractivity contribution in [1.82, 2.24) is 4.98 Å². The van der Waals surface area contributed by atoms with Gasteiger partial charge in [-0.3, -0.25) is 4.98 Å². The van der Waals surface area contributed by atoms with Gasteiger partial charge in [0.25, 0.3) is 0 Å². The second kappa shape index (κ2) is 6.78. The maximum Gasteiger partial charge on any atom is 0.137 e. The molecule has 4 heteroatoms. The van der Waals surface area contributed by atoms with Gasteiger partial charge in [0.15, 0.2) is 0 Å². The summed E-state index contributed by atoms with van der Waals surface area (Å²) >= 11 is 3.15. The Kier molecular flexibility index (Phi) is 5.05. The number of pyridine rings is 1. The lowest BCUT2D eigenvalue weighted by molar-refractivity contribution is 0.165. The molecular formula is C15H15BrFNO. The first-order valence-electron chi connectivity index (χ1n) is 6.17. The minimum absolute atomic E-state index is 0.285. The number of nitrogens with zero attached hydrogens (tertiary/aromatic N) is 1. The molecule has 2 rings (SSSR count). The number of rotatable bonds is 5. The average Bonchev–Trinajstić information content (AvgIpc) is 2.42. The monoisotopic (exact) mass is 323 g/mol. The smallest absolute Gasteiger partial charge is 0.137 e. The first kappa shape index (κ1) is 14.2. The van der Waals surface area contributed by atoms with Crippen molar-refractivity contribution in [3.63, 3.8) is 0 Å². The van der Waals surface area contributed by atoms with E-state index in [1.54, 1.807) is 18.3 Å². The van der Waals surface area contributed by atoms with E-state index in [4.69, 9.17) is 0 Å². The zero-order valence-corrected chi connectivity index (χ0v) is 12.0. The molecule has 0 aliphatic rings. The van der Waals surface area contributed by atoms with Crippen LogP contribution in [0.3, 0.4) is 0 Å². The molecule has 1 unspecified atom stereocenters. The highest BCUT2D eigenvalue weighted by molar-refractivity contribution is 9.10. The highest BCUT2D eigenvalue weighted by atomic mass is 79.9. The van der Waals surface area contributed by atoms with Gasteiger partial charge < -0.3 is 5.11 Å². The Labute approximate surface area is 120 Å². The average molecular weight is 324 g/mol. The summed E-state index contributed by atoms with van der Waals surface area (Å²) < 4.78 is 13.5. The van der Waals surface area contributed by atoms with Gasteiger partial charge in [-0.15, -0.1) is 0 Å². The van der Waals surface area contributed by atoms with Gasteiger partial charge in [0.1, 0.15) is 5.82 Å². The van der Waals surface area contributed by atoms with Crippen molar-refractivity contribution in [2.24, 2.45) is 0 Å². The topological polar surface area (TPSA) is 33.1 Å². The van der Waals surface area contributed by atoms with Crippen LogP contribution in [0.5, 0.6) is 0 Å². The van der Waals surface area contributed by atoms with Crippen LogP contribution in [-0.4, -0.2) is 16.2 Å². The number of aliphatic hydroxyl groups excluding tert-OH is 1. The highest BCUT2D eigenvalue weighted by Crippen LogP contribution is 2.18. The molecule has 100 valence electrons. The summed E-state index contributed by atoms with van der Waals surface area (Å²) in [5, 5.41) is 9.99. The highest BCUT2D eigenvalue weighted by Gasteiger charge is 2.08. The van der Waals surface area contributed by atoms with Gasteiger partial charge in [0.05, 0.1) is 10.6 Å². The van der Waals surface area contributed by atoms with Crippen LogP contribution in [0, 0.1) is 5.82 Å². The fraction of sp³-hybridized carbons (Fsp3) is 0.267. The van der Waals surface area contributed by atoms with Crippen LogP contribution in [-0.2, 0) is 12.8 Å². The third kappa shape index (κ3) is 4.40. The summed E-state index contributed by atoms with van der Waals surface area (Å²) in [7, 11) is 0. The van der Waals surface area contributed by atoms with Crippen molar-refractivity contribution in [1.29, 1.82) is 0 Å². The van der Waals surface area contributed by atoms with Crippen molar-refractivity contribution < 1.29 is 9.50 Å². The van der Waals surface area contributed by atoms with Crippen molar-refractivity contribution in [3.05, 3.63) is 64.1 Å². The minimum atomic E-state index is -0.445. The van der Waals surface area contributed by atoms with E-state index in [1.807, 2.05) is 18.2 Å². The molecule has 2 nitrogen and oxygen atoms in total. The molecule has 0 radical (unpaired) electrons. The quantitative estimate of drug-likeness (QED) is 0.913.